The molecule has 1 fully saturated rings. The van der Waals surface area contributed by atoms with Crippen molar-refractivity contribution in [2.45, 2.75) is 32.7 Å². The Kier molecular flexibility index (Phi) is 8.64. The van der Waals surface area contributed by atoms with Gasteiger partial charge in [0.25, 0.3) is 0 Å². The van der Waals surface area contributed by atoms with Gasteiger partial charge in [-0.3, -0.25) is 0 Å². The number of nitrogens with zero attached hydrogens (tertiary/aromatic N) is 3. The Bertz CT molecular complexity index is 1120. The average Bonchev–Trinajstić information content (AvgIpc) is 2.82. The fourth-order valence-corrected chi connectivity index (χ4v) is 4.08. The molecule has 0 bridgehead atoms. The smallest absolute Gasteiger partial charge is 0.325 e. The van der Waals surface area contributed by atoms with Gasteiger partial charge in [0.1, 0.15) is 18.0 Å². The Hall–Kier alpha value is -2.53. The Morgan fingerprint density at radius 3 is 2.47 bits per heavy atom. The van der Waals surface area contributed by atoms with Crippen molar-refractivity contribution in [3.63, 3.8) is 0 Å². The third kappa shape index (κ3) is 5.93. The van der Waals surface area contributed by atoms with Crippen molar-refractivity contribution in [2.24, 2.45) is 5.92 Å². The van der Waals surface area contributed by atoms with Crippen LogP contribution >= 0.6 is 15.9 Å². The number of anilines is 2. The molecule has 1 aliphatic rings. The van der Waals surface area contributed by atoms with Crippen LogP contribution < -0.4 is 14.8 Å². The predicted octanol–water partition coefficient (Wildman–Crippen LogP) is 4.67. The first kappa shape index (κ1) is 26.1. The number of aromatic nitrogens is 2. The molecule has 34 heavy (non-hydrogen) atoms. The van der Waals surface area contributed by atoms with Crippen LogP contribution in [0.15, 0.2) is 41.1 Å². The Morgan fingerprint density at radius 2 is 1.82 bits per heavy atom. The van der Waals surface area contributed by atoms with Crippen LogP contribution in [0, 0.1) is 11.7 Å². The lowest BCUT2D eigenvalue weighted by molar-refractivity contribution is -0.328. The summed E-state index contributed by atoms with van der Waals surface area (Å²) >= 11 is 3.24. The molecule has 0 amide bonds. The molecule has 0 unspecified atom stereocenters. The zero-order valence-electron chi connectivity index (χ0n) is 19.7. The van der Waals surface area contributed by atoms with E-state index in [2.05, 4.69) is 36.1 Å². The summed E-state index contributed by atoms with van der Waals surface area (Å²) in [7, 11) is 3.44. The topological polar surface area (TPSA) is 100.0 Å². The second-order valence-corrected chi connectivity index (χ2v) is 8.75. The number of aliphatic hydroxyl groups is 2. The van der Waals surface area contributed by atoms with Gasteiger partial charge in [0.2, 0.25) is 0 Å². The fourth-order valence-electron chi connectivity index (χ4n) is 3.75. The summed E-state index contributed by atoms with van der Waals surface area (Å²) in [6.07, 6.45) is 2.52. The van der Waals surface area contributed by atoms with E-state index in [0.717, 1.165) is 13.1 Å². The minimum atomic E-state index is -2.35. The highest BCUT2D eigenvalue weighted by molar-refractivity contribution is 9.10. The summed E-state index contributed by atoms with van der Waals surface area (Å²) in [5.41, 5.74) is 0.717. The molecule has 2 aromatic carbocycles. The summed E-state index contributed by atoms with van der Waals surface area (Å²) in [5, 5.41) is 24.8. The lowest BCUT2D eigenvalue weighted by Gasteiger charge is -2.36. The normalized spacial score (nSPS) is 14.9. The summed E-state index contributed by atoms with van der Waals surface area (Å²) < 4.78 is 26.0. The molecular formula is C24H30BrFN4O4. The van der Waals surface area contributed by atoms with Crippen molar-refractivity contribution < 1.29 is 24.1 Å². The first-order chi connectivity index (χ1) is 16.3. The zero-order chi connectivity index (χ0) is 24.9. The molecule has 1 aromatic heterocycles. The number of ether oxygens (including phenoxy) is 2. The van der Waals surface area contributed by atoms with E-state index in [1.165, 1.54) is 19.5 Å². The maximum Gasteiger partial charge on any atom is 0.325 e. The molecular weight excluding hydrogens is 507 g/mol. The molecule has 1 aliphatic heterocycles. The van der Waals surface area contributed by atoms with Gasteiger partial charge in [-0.15, -0.1) is 0 Å². The number of halogens is 2. The van der Waals surface area contributed by atoms with Gasteiger partial charge in [-0.2, -0.15) is 0 Å². The average molecular weight is 537 g/mol. The van der Waals surface area contributed by atoms with Crippen molar-refractivity contribution in [2.75, 3.05) is 32.6 Å². The van der Waals surface area contributed by atoms with Gasteiger partial charge < -0.3 is 29.9 Å². The standard InChI is InChI=1S/C22H24BrFN4O4.C2H6/c1-28-7-5-13(6-8-28)22(29,30)32-20-11-18-15(10-19(20)31-2)21(26-12-25-18)27-17-4-3-14(23)9-16(17)24;1-2/h3-4,9-13,29-30H,5-8H2,1-2H3,(H,25,26,27);1-2H3. The maximum atomic E-state index is 14.3. The molecule has 3 aromatic rings. The maximum absolute atomic E-state index is 14.3. The molecule has 0 spiro atoms. The lowest BCUT2D eigenvalue weighted by Crippen LogP contribution is -2.48. The van der Waals surface area contributed by atoms with E-state index < -0.39 is 17.7 Å². The number of methoxy groups -OCH3 is 1. The highest BCUT2D eigenvalue weighted by atomic mass is 79.9. The highest BCUT2D eigenvalue weighted by Gasteiger charge is 2.39. The van der Waals surface area contributed by atoms with E-state index in [-0.39, 0.29) is 17.2 Å². The van der Waals surface area contributed by atoms with Gasteiger partial charge in [0, 0.05) is 15.9 Å². The van der Waals surface area contributed by atoms with Crippen LogP contribution in [0.25, 0.3) is 10.9 Å². The zero-order valence-corrected chi connectivity index (χ0v) is 21.3. The van der Waals surface area contributed by atoms with Crippen molar-refractivity contribution >= 4 is 38.3 Å². The summed E-state index contributed by atoms with van der Waals surface area (Å²) in [5.74, 6) is -2.45. The number of hydrogen-bond acceptors (Lipinski definition) is 8. The summed E-state index contributed by atoms with van der Waals surface area (Å²) in [6.45, 7) is 5.50. The molecule has 1 saturated heterocycles. The van der Waals surface area contributed by atoms with Crippen LogP contribution in [0.1, 0.15) is 26.7 Å². The van der Waals surface area contributed by atoms with Gasteiger partial charge in [-0.25, -0.2) is 14.4 Å². The first-order valence-electron chi connectivity index (χ1n) is 11.1. The van der Waals surface area contributed by atoms with Crippen LogP contribution in [-0.4, -0.2) is 58.3 Å². The molecule has 2 heterocycles. The van der Waals surface area contributed by atoms with Crippen LogP contribution in [0.4, 0.5) is 15.9 Å². The van der Waals surface area contributed by atoms with E-state index in [9.17, 15) is 14.6 Å². The molecule has 0 aliphatic carbocycles. The van der Waals surface area contributed by atoms with Crippen molar-refractivity contribution in [3.8, 4) is 11.5 Å². The van der Waals surface area contributed by atoms with Gasteiger partial charge in [0.15, 0.2) is 11.5 Å². The molecule has 8 nitrogen and oxygen atoms in total. The van der Waals surface area contributed by atoms with E-state index in [1.54, 1.807) is 24.3 Å². The monoisotopic (exact) mass is 536 g/mol. The first-order valence-corrected chi connectivity index (χ1v) is 11.9. The SMILES string of the molecule is CC.COc1cc2c(Nc3ccc(Br)cc3F)ncnc2cc1OC(O)(O)C1CCN(C)CC1. The van der Waals surface area contributed by atoms with Crippen LogP contribution in [0.3, 0.4) is 0 Å². The molecule has 3 N–H and O–H groups in total. The third-order valence-corrected chi connectivity index (χ3v) is 6.11. The van der Waals surface area contributed by atoms with E-state index >= 15 is 0 Å². The van der Waals surface area contributed by atoms with Crippen molar-refractivity contribution in [3.05, 3.63) is 46.9 Å². The van der Waals surface area contributed by atoms with Crippen molar-refractivity contribution in [1.29, 1.82) is 0 Å². The van der Waals surface area contributed by atoms with Crippen molar-refractivity contribution in [1.82, 2.24) is 14.9 Å². The summed E-state index contributed by atoms with van der Waals surface area (Å²) in [6, 6.07) is 7.83. The molecule has 0 radical (unpaired) electrons. The Balaban J connectivity index is 0.00000158. The number of likely N-dealkylation sites (tertiary alicyclic amines) is 1. The second-order valence-electron chi connectivity index (χ2n) is 7.83. The molecule has 10 heteroatoms. The molecule has 184 valence electrons. The molecule has 4 rings (SSSR count). The minimum absolute atomic E-state index is 0.142. The number of rotatable bonds is 6. The van der Waals surface area contributed by atoms with Crippen LogP contribution in [0.5, 0.6) is 11.5 Å². The third-order valence-electron chi connectivity index (χ3n) is 5.62. The van der Waals surface area contributed by atoms with Crippen LogP contribution in [-0.2, 0) is 0 Å². The van der Waals surface area contributed by atoms with Gasteiger partial charge in [0.05, 0.1) is 24.2 Å². The van der Waals surface area contributed by atoms with Gasteiger partial charge in [-0.05, 0) is 57.2 Å². The van der Waals surface area contributed by atoms with E-state index in [0.29, 0.717) is 34.0 Å². The number of benzene rings is 2. The lowest BCUT2D eigenvalue weighted by atomic mass is 9.94. The number of piperidine rings is 1. The highest BCUT2D eigenvalue weighted by Crippen LogP contribution is 2.38. The fraction of sp³-hybridized carbons (Fsp3) is 0.417. The predicted molar refractivity (Wildman–Crippen MR) is 133 cm³/mol. The number of nitrogens with one attached hydrogen (secondary N) is 1. The summed E-state index contributed by atoms with van der Waals surface area (Å²) in [4.78, 5) is 10.6. The van der Waals surface area contributed by atoms with Crippen LogP contribution in [0.2, 0.25) is 0 Å². The van der Waals surface area contributed by atoms with Gasteiger partial charge >= 0.3 is 5.97 Å². The molecule has 0 saturated carbocycles. The Labute approximate surface area is 206 Å². The van der Waals surface area contributed by atoms with E-state index in [4.69, 9.17) is 9.47 Å². The largest absolute Gasteiger partial charge is 0.493 e. The molecule has 0 atom stereocenters. The second kappa shape index (κ2) is 11.3. The quantitative estimate of drug-likeness (QED) is 0.391. The number of hydrogen-bond donors (Lipinski definition) is 3. The Morgan fingerprint density at radius 1 is 1.12 bits per heavy atom. The van der Waals surface area contributed by atoms with E-state index in [1.807, 2.05) is 20.9 Å². The number of fused-ring (bicyclic) bond motifs is 1. The minimum Gasteiger partial charge on any atom is -0.493 e. The van der Waals surface area contributed by atoms with Gasteiger partial charge in [-0.1, -0.05) is 29.8 Å².